The average molecular weight is 293 g/mol. The minimum Gasteiger partial charge on any atom is -0.385 e. The predicted molar refractivity (Wildman–Crippen MR) is 76.3 cm³/mol. The van der Waals surface area contributed by atoms with Gasteiger partial charge in [-0.3, -0.25) is 0 Å². The molecule has 1 rings (SSSR count). The maximum Gasteiger partial charge on any atom is 0.279 e. The van der Waals surface area contributed by atoms with Crippen LogP contribution in [-0.2, 0) is 14.9 Å². The standard InChI is InChI=1S/C12H27N3O3S/c1-3-13-11-12-7-4-5-9-15(12)19(16,17)14-8-6-10-18-2/h12-14H,3-11H2,1-2H3. The van der Waals surface area contributed by atoms with Gasteiger partial charge in [0.25, 0.3) is 10.2 Å². The van der Waals surface area contributed by atoms with Crippen LogP contribution in [0.5, 0.6) is 0 Å². The van der Waals surface area contributed by atoms with E-state index in [9.17, 15) is 8.42 Å². The lowest BCUT2D eigenvalue weighted by Gasteiger charge is -2.34. The molecule has 1 heterocycles. The van der Waals surface area contributed by atoms with Crippen molar-refractivity contribution in [1.29, 1.82) is 0 Å². The van der Waals surface area contributed by atoms with Crippen molar-refractivity contribution in [1.82, 2.24) is 14.3 Å². The summed E-state index contributed by atoms with van der Waals surface area (Å²) in [6.07, 6.45) is 3.68. The van der Waals surface area contributed by atoms with Crippen LogP contribution in [0.4, 0.5) is 0 Å². The summed E-state index contributed by atoms with van der Waals surface area (Å²) < 4.78 is 33.7. The van der Waals surface area contributed by atoms with Gasteiger partial charge < -0.3 is 10.1 Å². The molecule has 19 heavy (non-hydrogen) atoms. The molecule has 114 valence electrons. The average Bonchev–Trinajstić information content (AvgIpc) is 2.41. The molecule has 0 aliphatic carbocycles. The number of nitrogens with one attached hydrogen (secondary N) is 2. The van der Waals surface area contributed by atoms with Crippen molar-refractivity contribution in [3.8, 4) is 0 Å². The lowest BCUT2D eigenvalue weighted by atomic mass is 10.1. The van der Waals surface area contributed by atoms with Crippen molar-refractivity contribution in [2.75, 3.05) is 39.9 Å². The van der Waals surface area contributed by atoms with Gasteiger partial charge in [0.1, 0.15) is 0 Å². The Morgan fingerprint density at radius 2 is 2.16 bits per heavy atom. The Hall–Kier alpha value is -0.210. The minimum absolute atomic E-state index is 0.0774. The smallest absolute Gasteiger partial charge is 0.279 e. The first-order valence-corrected chi connectivity index (χ1v) is 8.52. The van der Waals surface area contributed by atoms with Crippen LogP contribution >= 0.6 is 0 Å². The summed E-state index contributed by atoms with van der Waals surface area (Å²) in [7, 11) is -1.74. The number of likely N-dealkylation sites (N-methyl/N-ethyl adjacent to an activating group) is 1. The fraction of sp³-hybridized carbons (Fsp3) is 1.00. The Labute approximate surface area is 117 Å². The number of nitrogens with zero attached hydrogens (tertiary/aromatic N) is 1. The predicted octanol–water partition coefficient (Wildman–Crippen LogP) is 0.321. The van der Waals surface area contributed by atoms with Crippen LogP contribution in [0, 0.1) is 0 Å². The molecule has 0 aromatic heterocycles. The van der Waals surface area contributed by atoms with Gasteiger partial charge in [0, 0.05) is 39.4 Å². The molecule has 0 spiro atoms. The van der Waals surface area contributed by atoms with Gasteiger partial charge >= 0.3 is 0 Å². The van der Waals surface area contributed by atoms with E-state index < -0.39 is 10.2 Å². The molecule has 0 aromatic rings. The van der Waals surface area contributed by atoms with E-state index in [1.807, 2.05) is 6.92 Å². The SMILES string of the molecule is CCNCC1CCCCN1S(=O)(=O)NCCCOC. The Kier molecular flexibility index (Phi) is 7.86. The Balaban J connectivity index is 2.51. The third-order valence-corrected chi connectivity index (χ3v) is 4.99. The molecular weight excluding hydrogens is 266 g/mol. The van der Waals surface area contributed by atoms with E-state index in [0.29, 0.717) is 26.1 Å². The molecule has 7 heteroatoms. The molecule has 0 aromatic carbocycles. The topological polar surface area (TPSA) is 70.7 Å². The van der Waals surface area contributed by atoms with Crippen molar-refractivity contribution >= 4 is 10.2 Å². The number of ether oxygens (including phenoxy) is 1. The van der Waals surface area contributed by atoms with E-state index in [4.69, 9.17) is 4.74 Å². The van der Waals surface area contributed by atoms with E-state index in [-0.39, 0.29) is 6.04 Å². The molecule has 0 saturated carbocycles. The fourth-order valence-electron chi connectivity index (χ4n) is 2.31. The molecule has 1 aliphatic rings. The minimum atomic E-state index is -3.36. The van der Waals surface area contributed by atoms with Crippen molar-refractivity contribution in [3.05, 3.63) is 0 Å². The molecule has 1 unspecified atom stereocenters. The zero-order valence-corrected chi connectivity index (χ0v) is 12.8. The van der Waals surface area contributed by atoms with Crippen LogP contribution in [0.3, 0.4) is 0 Å². The van der Waals surface area contributed by atoms with Crippen LogP contribution in [0.1, 0.15) is 32.6 Å². The number of hydrogen-bond donors (Lipinski definition) is 2. The molecule has 1 aliphatic heterocycles. The lowest BCUT2D eigenvalue weighted by molar-refractivity contribution is 0.195. The van der Waals surface area contributed by atoms with Gasteiger partial charge in [-0.15, -0.1) is 0 Å². The third kappa shape index (κ3) is 5.74. The second-order valence-corrected chi connectivity index (χ2v) is 6.52. The summed E-state index contributed by atoms with van der Waals surface area (Å²) in [6.45, 7) is 5.26. The molecule has 0 amide bonds. The highest BCUT2D eigenvalue weighted by molar-refractivity contribution is 7.87. The summed E-state index contributed by atoms with van der Waals surface area (Å²) in [5.74, 6) is 0. The van der Waals surface area contributed by atoms with E-state index in [0.717, 1.165) is 32.4 Å². The van der Waals surface area contributed by atoms with Gasteiger partial charge in [-0.05, 0) is 25.8 Å². The normalized spacial score (nSPS) is 21.7. The summed E-state index contributed by atoms with van der Waals surface area (Å²) in [5.41, 5.74) is 0. The summed E-state index contributed by atoms with van der Waals surface area (Å²) in [4.78, 5) is 0. The highest BCUT2D eigenvalue weighted by Gasteiger charge is 2.31. The molecule has 1 fully saturated rings. The molecule has 1 saturated heterocycles. The Morgan fingerprint density at radius 3 is 2.84 bits per heavy atom. The van der Waals surface area contributed by atoms with Crippen LogP contribution in [0.2, 0.25) is 0 Å². The van der Waals surface area contributed by atoms with Crippen molar-refractivity contribution in [3.63, 3.8) is 0 Å². The summed E-state index contributed by atoms with van der Waals surface area (Å²) >= 11 is 0. The largest absolute Gasteiger partial charge is 0.385 e. The van der Waals surface area contributed by atoms with Crippen molar-refractivity contribution < 1.29 is 13.2 Å². The van der Waals surface area contributed by atoms with Crippen molar-refractivity contribution in [2.45, 2.75) is 38.6 Å². The van der Waals surface area contributed by atoms with Crippen LogP contribution < -0.4 is 10.0 Å². The molecule has 0 radical (unpaired) electrons. The molecule has 6 nitrogen and oxygen atoms in total. The van der Waals surface area contributed by atoms with E-state index in [2.05, 4.69) is 10.0 Å². The maximum atomic E-state index is 12.3. The van der Waals surface area contributed by atoms with Gasteiger partial charge in [-0.2, -0.15) is 12.7 Å². The van der Waals surface area contributed by atoms with Crippen LogP contribution in [0.15, 0.2) is 0 Å². The Bertz CT molecular complexity index is 335. The van der Waals surface area contributed by atoms with Crippen LogP contribution in [-0.4, -0.2) is 58.7 Å². The number of methoxy groups -OCH3 is 1. The maximum absolute atomic E-state index is 12.3. The quantitative estimate of drug-likeness (QED) is 0.601. The number of hydrogen-bond acceptors (Lipinski definition) is 4. The van der Waals surface area contributed by atoms with Gasteiger partial charge in [0.15, 0.2) is 0 Å². The zero-order valence-electron chi connectivity index (χ0n) is 12.0. The monoisotopic (exact) mass is 293 g/mol. The summed E-state index contributed by atoms with van der Waals surface area (Å²) in [6, 6.07) is 0.0774. The highest BCUT2D eigenvalue weighted by atomic mass is 32.2. The van der Waals surface area contributed by atoms with Gasteiger partial charge in [0.05, 0.1) is 0 Å². The van der Waals surface area contributed by atoms with E-state index >= 15 is 0 Å². The van der Waals surface area contributed by atoms with Crippen LogP contribution in [0.25, 0.3) is 0 Å². The summed E-state index contributed by atoms with van der Waals surface area (Å²) in [5, 5.41) is 3.24. The first kappa shape index (κ1) is 16.8. The number of piperidine rings is 1. The fourth-order valence-corrected chi connectivity index (χ4v) is 3.82. The lowest BCUT2D eigenvalue weighted by Crippen LogP contribution is -2.52. The molecule has 2 N–H and O–H groups in total. The first-order chi connectivity index (χ1) is 9.11. The molecular formula is C12H27N3O3S. The van der Waals surface area contributed by atoms with E-state index in [1.165, 1.54) is 0 Å². The second kappa shape index (κ2) is 8.86. The zero-order chi connectivity index (χ0) is 14.1. The van der Waals surface area contributed by atoms with Crippen molar-refractivity contribution in [2.24, 2.45) is 0 Å². The van der Waals surface area contributed by atoms with Gasteiger partial charge in [-0.1, -0.05) is 13.3 Å². The second-order valence-electron chi connectivity index (χ2n) is 4.81. The highest BCUT2D eigenvalue weighted by Crippen LogP contribution is 2.19. The number of rotatable bonds is 9. The Morgan fingerprint density at radius 1 is 1.37 bits per heavy atom. The molecule has 0 bridgehead atoms. The molecule has 1 atom stereocenters. The van der Waals surface area contributed by atoms with E-state index in [1.54, 1.807) is 11.4 Å². The van der Waals surface area contributed by atoms with Gasteiger partial charge in [0.2, 0.25) is 0 Å². The third-order valence-electron chi connectivity index (χ3n) is 3.32. The van der Waals surface area contributed by atoms with Gasteiger partial charge in [-0.25, -0.2) is 4.72 Å². The first-order valence-electron chi connectivity index (χ1n) is 7.08.